The number of sulfonamides is 1. The van der Waals surface area contributed by atoms with Gasteiger partial charge in [-0.2, -0.15) is 9.40 Å². The summed E-state index contributed by atoms with van der Waals surface area (Å²) in [6.07, 6.45) is 6.82. The highest BCUT2D eigenvalue weighted by Gasteiger charge is 2.49. The van der Waals surface area contributed by atoms with Crippen molar-refractivity contribution in [2.45, 2.75) is 102 Å². The third-order valence-electron chi connectivity index (χ3n) is 6.67. The van der Waals surface area contributed by atoms with Crippen LogP contribution in [0.3, 0.4) is 0 Å². The number of aromatic nitrogens is 2. The SMILES string of the molecule is CCCCc1ccc(OC2C[C@H]3CC[C@@H](C2)N3S(=O)(=O)c2c(C(C)C)n[nH]c2C)cc1. The summed E-state index contributed by atoms with van der Waals surface area (Å²) in [5, 5.41) is 7.18. The average Bonchev–Trinajstić information content (AvgIpc) is 3.26. The van der Waals surface area contributed by atoms with E-state index in [-0.39, 0.29) is 24.1 Å². The molecule has 3 heterocycles. The zero-order chi connectivity index (χ0) is 22.2. The Hall–Kier alpha value is -1.86. The number of aromatic amines is 1. The monoisotopic (exact) mass is 445 g/mol. The fraction of sp³-hybridized carbons (Fsp3) is 0.625. The van der Waals surface area contributed by atoms with Gasteiger partial charge in [-0.25, -0.2) is 8.42 Å². The molecule has 0 saturated carbocycles. The van der Waals surface area contributed by atoms with Crippen LogP contribution in [-0.4, -0.2) is 41.1 Å². The van der Waals surface area contributed by atoms with Gasteiger partial charge in [0, 0.05) is 24.9 Å². The van der Waals surface area contributed by atoms with Gasteiger partial charge in [-0.1, -0.05) is 39.3 Å². The lowest BCUT2D eigenvalue weighted by molar-refractivity contribution is 0.0956. The molecular weight excluding hydrogens is 410 g/mol. The maximum atomic E-state index is 13.7. The fourth-order valence-electron chi connectivity index (χ4n) is 5.14. The van der Waals surface area contributed by atoms with Crippen molar-refractivity contribution in [1.29, 1.82) is 0 Å². The van der Waals surface area contributed by atoms with Crippen LogP contribution >= 0.6 is 0 Å². The van der Waals surface area contributed by atoms with Gasteiger partial charge in [0.1, 0.15) is 16.7 Å². The summed E-state index contributed by atoms with van der Waals surface area (Å²) in [7, 11) is -3.59. The summed E-state index contributed by atoms with van der Waals surface area (Å²) < 4.78 is 35.4. The average molecular weight is 446 g/mol. The molecule has 31 heavy (non-hydrogen) atoms. The van der Waals surface area contributed by atoms with Crippen molar-refractivity contribution >= 4 is 10.0 Å². The number of ether oxygens (including phenoxy) is 1. The number of aryl methyl sites for hydroxylation is 2. The number of fused-ring (bicyclic) bond motifs is 2. The van der Waals surface area contributed by atoms with Gasteiger partial charge in [-0.05, 0) is 56.2 Å². The quantitative estimate of drug-likeness (QED) is 0.624. The van der Waals surface area contributed by atoms with Gasteiger partial charge in [-0.3, -0.25) is 5.10 Å². The van der Waals surface area contributed by atoms with Crippen LogP contribution in [0.25, 0.3) is 0 Å². The highest BCUT2D eigenvalue weighted by molar-refractivity contribution is 7.89. The molecule has 0 spiro atoms. The van der Waals surface area contributed by atoms with E-state index in [2.05, 4.69) is 41.4 Å². The van der Waals surface area contributed by atoms with Crippen molar-refractivity contribution in [2.24, 2.45) is 0 Å². The Labute approximate surface area is 186 Å². The van der Waals surface area contributed by atoms with E-state index in [0.717, 1.165) is 37.9 Å². The van der Waals surface area contributed by atoms with Gasteiger partial charge < -0.3 is 4.74 Å². The molecule has 3 atom stereocenters. The van der Waals surface area contributed by atoms with Crippen LogP contribution in [0.5, 0.6) is 5.75 Å². The van der Waals surface area contributed by atoms with Gasteiger partial charge in [0.2, 0.25) is 10.0 Å². The molecule has 1 aromatic heterocycles. The molecule has 2 fully saturated rings. The Balaban J connectivity index is 1.48. The number of hydrogen-bond acceptors (Lipinski definition) is 4. The molecule has 6 nitrogen and oxygen atoms in total. The lowest BCUT2D eigenvalue weighted by atomic mass is 10.0. The minimum absolute atomic E-state index is 0.00751. The Morgan fingerprint density at radius 3 is 2.39 bits per heavy atom. The predicted octanol–water partition coefficient (Wildman–Crippen LogP) is 4.95. The molecule has 4 rings (SSSR count). The Bertz CT molecular complexity index is 984. The van der Waals surface area contributed by atoms with Crippen LogP contribution in [0, 0.1) is 6.92 Å². The number of H-pyrrole nitrogens is 1. The molecule has 2 aromatic rings. The summed E-state index contributed by atoms with van der Waals surface area (Å²) in [5.41, 5.74) is 2.61. The van der Waals surface area contributed by atoms with Crippen molar-refractivity contribution in [2.75, 3.05) is 0 Å². The third-order valence-corrected chi connectivity index (χ3v) is 8.85. The maximum absolute atomic E-state index is 13.7. The van der Waals surface area contributed by atoms with Gasteiger partial charge in [-0.15, -0.1) is 0 Å². The van der Waals surface area contributed by atoms with E-state index in [1.807, 2.05) is 13.8 Å². The van der Waals surface area contributed by atoms with Gasteiger partial charge in [0.15, 0.2) is 0 Å². The van der Waals surface area contributed by atoms with E-state index in [9.17, 15) is 8.42 Å². The third kappa shape index (κ3) is 4.40. The van der Waals surface area contributed by atoms with Crippen molar-refractivity contribution in [3.63, 3.8) is 0 Å². The lowest BCUT2D eigenvalue weighted by Crippen LogP contribution is -2.49. The first-order valence-electron chi connectivity index (χ1n) is 11.6. The van der Waals surface area contributed by atoms with Crippen molar-refractivity contribution in [3.05, 3.63) is 41.2 Å². The number of benzene rings is 1. The first-order chi connectivity index (χ1) is 14.8. The molecule has 0 radical (unpaired) electrons. The number of rotatable bonds is 8. The van der Waals surface area contributed by atoms with E-state index in [4.69, 9.17) is 4.74 Å². The van der Waals surface area contributed by atoms with Crippen LogP contribution < -0.4 is 4.74 Å². The van der Waals surface area contributed by atoms with E-state index < -0.39 is 10.0 Å². The highest BCUT2D eigenvalue weighted by Crippen LogP contribution is 2.42. The zero-order valence-corrected chi connectivity index (χ0v) is 19.9. The summed E-state index contributed by atoms with van der Waals surface area (Å²) in [4.78, 5) is 0.376. The van der Waals surface area contributed by atoms with Crippen molar-refractivity contribution in [1.82, 2.24) is 14.5 Å². The molecule has 2 bridgehead atoms. The second-order valence-electron chi connectivity index (χ2n) is 9.40. The van der Waals surface area contributed by atoms with Gasteiger partial charge >= 0.3 is 0 Å². The molecule has 1 N–H and O–H groups in total. The second kappa shape index (κ2) is 8.94. The first kappa shape index (κ1) is 22.3. The minimum Gasteiger partial charge on any atom is -0.490 e. The largest absolute Gasteiger partial charge is 0.490 e. The van der Waals surface area contributed by atoms with Gasteiger partial charge in [0.25, 0.3) is 0 Å². The molecule has 2 aliphatic heterocycles. The normalized spacial score (nSPS) is 24.1. The number of nitrogens with zero attached hydrogens (tertiary/aromatic N) is 2. The van der Waals surface area contributed by atoms with E-state index in [1.165, 1.54) is 18.4 Å². The number of hydrogen-bond donors (Lipinski definition) is 1. The minimum atomic E-state index is -3.59. The van der Waals surface area contributed by atoms with Gasteiger partial charge in [0.05, 0.1) is 11.4 Å². The molecule has 170 valence electrons. The molecule has 0 aliphatic carbocycles. The second-order valence-corrected chi connectivity index (χ2v) is 11.2. The number of nitrogens with one attached hydrogen (secondary N) is 1. The molecule has 2 aliphatic rings. The topological polar surface area (TPSA) is 75.3 Å². The number of piperidine rings is 1. The fourth-order valence-corrected chi connectivity index (χ4v) is 7.50. The van der Waals surface area contributed by atoms with Crippen molar-refractivity contribution < 1.29 is 13.2 Å². The van der Waals surface area contributed by atoms with Crippen molar-refractivity contribution in [3.8, 4) is 5.75 Å². The maximum Gasteiger partial charge on any atom is 0.247 e. The highest BCUT2D eigenvalue weighted by atomic mass is 32.2. The van der Waals surface area contributed by atoms with E-state index in [0.29, 0.717) is 16.3 Å². The standard InChI is InChI=1S/C24H35N3O3S/c1-5-6-7-18-8-12-21(13-9-18)30-22-14-19-10-11-20(15-22)27(19)31(28,29)24-17(4)25-26-23(24)16(2)3/h8-9,12-13,16,19-20,22H,5-7,10-11,14-15H2,1-4H3,(H,25,26)/t19-,20+,22?. The summed E-state index contributed by atoms with van der Waals surface area (Å²) in [6, 6.07) is 8.39. The molecule has 7 heteroatoms. The molecular formula is C24H35N3O3S. The summed E-state index contributed by atoms with van der Waals surface area (Å²) >= 11 is 0. The van der Waals surface area contributed by atoms with Crippen LogP contribution in [0.15, 0.2) is 29.2 Å². The summed E-state index contributed by atoms with van der Waals surface area (Å²) in [6.45, 7) is 7.97. The van der Waals surface area contributed by atoms with E-state index in [1.54, 1.807) is 11.2 Å². The van der Waals surface area contributed by atoms with Crippen LogP contribution in [0.2, 0.25) is 0 Å². The van der Waals surface area contributed by atoms with Crippen LogP contribution in [-0.2, 0) is 16.4 Å². The number of unbranched alkanes of at least 4 members (excludes halogenated alkanes) is 1. The van der Waals surface area contributed by atoms with Crippen LogP contribution in [0.1, 0.15) is 82.2 Å². The summed E-state index contributed by atoms with van der Waals surface area (Å²) in [5.74, 6) is 0.933. The smallest absolute Gasteiger partial charge is 0.247 e. The lowest BCUT2D eigenvalue weighted by Gasteiger charge is -2.38. The van der Waals surface area contributed by atoms with Crippen LogP contribution in [0.4, 0.5) is 0 Å². The molecule has 1 aromatic carbocycles. The Morgan fingerprint density at radius 2 is 1.81 bits per heavy atom. The Kier molecular flexibility index (Phi) is 6.44. The zero-order valence-electron chi connectivity index (χ0n) is 19.1. The molecule has 1 unspecified atom stereocenters. The molecule has 0 amide bonds. The Morgan fingerprint density at radius 1 is 1.16 bits per heavy atom. The molecule has 2 saturated heterocycles. The van der Waals surface area contributed by atoms with E-state index >= 15 is 0 Å². The first-order valence-corrected chi connectivity index (χ1v) is 13.1. The predicted molar refractivity (Wildman–Crippen MR) is 122 cm³/mol.